The van der Waals surface area contributed by atoms with Crippen molar-refractivity contribution in [2.75, 3.05) is 4.90 Å². The first-order valence-corrected chi connectivity index (χ1v) is 11.1. The third-order valence-corrected chi connectivity index (χ3v) is 7.15. The number of aromatic nitrogens is 2. The summed E-state index contributed by atoms with van der Waals surface area (Å²) in [6.07, 6.45) is 3.72. The second-order valence-electron chi connectivity index (χ2n) is 8.62. The lowest BCUT2D eigenvalue weighted by atomic mass is 9.65. The van der Waals surface area contributed by atoms with E-state index in [4.69, 9.17) is 14.7 Å². The maximum Gasteiger partial charge on any atom is 0.151 e. The first kappa shape index (κ1) is 17.2. The predicted octanol–water partition coefficient (Wildman–Crippen LogP) is 6.73. The fraction of sp³-hybridized carbons (Fsp3) is 0.0345. The van der Waals surface area contributed by atoms with Gasteiger partial charge in [-0.1, -0.05) is 54.6 Å². The molecule has 1 aliphatic carbocycles. The molecule has 0 N–H and O–H groups in total. The molecule has 2 aliphatic heterocycles. The van der Waals surface area contributed by atoms with E-state index in [2.05, 4.69) is 71.6 Å². The van der Waals surface area contributed by atoms with Gasteiger partial charge in [0.1, 0.15) is 0 Å². The molecule has 8 rings (SSSR count). The number of nitrogens with zero attached hydrogens (tertiary/aromatic N) is 3. The van der Waals surface area contributed by atoms with Gasteiger partial charge in [-0.25, -0.2) is 0 Å². The molecule has 5 aromatic rings. The van der Waals surface area contributed by atoms with E-state index in [1.165, 1.54) is 11.1 Å². The van der Waals surface area contributed by atoms with E-state index in [1.54, 1.807) is 0 Å². The number of pyridine rings is 2. The number of fused-ring (bicyclic) bond motifs is 11. The minimum Gasteiger partial charge on any atom is -0.453 e. The molecule has 4 heteroatoms. The summed E-state index contributed by atoms with van der Waals surface area (Å²) in [7, 11) is 0. The monoisotopic (exact) mass is 423 g/mol. The van der Waals surface area contributed by atoms with Crippen LogP contribution < -0.4 is 9.64 Å². The van der Waals surface area contributed by atoms with Crippen molar-refractivity contribution in [1.82, 2.24) is 9.97 Å². The Labute approximate surface area is 190 Å². The Hall–Kier alpha value is -4.44. The van der Waals surface area contributed by atoms with Crippen LogP contribution in [0.5, 0.6) is 11.5 Å². The molecule has 1 spiro atoms. The molecule has 3 aliphatic rings. The quantitative estimate of drug-likeness (QED) is 0.271. The highest BCUT2D eigenvalue weighted by Gasteiger charge is 2.54. The highest BCUT2D eigenvalue weighted by molar-refractivity contribution is 5.98. The maximum atomic E-state index is 6.45. The van der Waals surface area contributed by atoms with Gasteiger partial charge in [0.05, 0.1) is 33.9 Å². The van der Waals surface area contributed by atoms with Crippen LogP contribution in [0, 0.1) is 0 Å². The first-order chi connectivity index (χ1) is 16.4. The highest BCUT2D eigenvalue weighted by Crippen LogP contribution is 2.66. The first-order valence-electron chi connectivity index (χ1n) is 11.1. The molecule has 154 valence electrons. The van der Waals surface area contributed by atoms with E-state index in [-0.39, 0.29) is 0 Å². The SMILES string of the molecule is c1ccc2c(c1)Oc1cccc3c1N2c1ccccc1C31c2cccnc2-c2ncccc21. The van der Waals surface area contributed by atoms with Crippen LogP contribution in [-0.2, 0) is 5.41 Å². The fourth-order valence-corrected chi connectivity index (χ4v) is 6.00. The Kier molecular flexibility index (Phi) is 3.05. The number of hydrogen-bond donors (Lipinski definition) is 0. The molecule has 2 aromatic heterocycles. The van der Waals surface area contributed by atoms with Crippen LogP contribution in [-0.4, -0.2) is 9.97 Å². The lowest BCUT2D eigenvalue weighted by molar-refractivity contribution is 0.473. The number of para-hydroxylation sites is 4. The molecule has 0 saturated carbocycles. The number of rotatable bonds is 0. The van der Waals surface area contributed by atoms with Crippen molar-refractivity contribution in [3.63, 3.8) is 0 Å². The van der Waals surface area contributed by atoms with Crippen molar-refractivity contribution in [2.24, 2.45) is 0 Å². The second kappa shape index (κ2) is 5.87. The minimum absolute atomic E-state index is 0.513. The van der Waals surface area contributed by atoms with Crippen molar-refractivity contribution in [3.8, 4) is 22.9 Å². The predicted molar refractivity (Wildman–Crippen MR) is 128 cm³/mol. The van der Waals surface area contributed by atoms with Gasteiger partial charge < -0.3 is 9.64 Å². The summed E-state index contributed by atoms with van der Waals surface area (Å²) in [5.74, 6) is 1.73. The summed E-state index contributed by atoms with van der Waals surface area (Å²) in [6.45, 7) is 0. The van der Waals surface area contributed by atoms with Crippen LogP contribution in [0.3, 0.4) is 0 Å². The lowest BCUT2D eigenvalue weighted by Crippen LogP contribution is -2.37. The van der Waals surface area contributed by atoms with Gasteiger partial charge >= 0.3 is 0 Å². The van der Waals surface area contributed by atoms with Gasteiger partial charge in [-0.2, -0.15) is 0 Å². The molecule has 0 saturated heterocycles. The summed E-state index contributed by atoms with van der Waals surface area (Å²) in [5.41, 5.74) is 9.42. The van der Waals surface area contributed by atoms with Crippen LogP contribution >= 0.6 is 0 Å². The average molecular weight is 423 g/mol. The van der Waals surface area contributed by atoms with E-state index in [9.17, 15) is 0 Å². The molecule has 0 fully saturated rings. The van der Waals surface area contributed by atoms with E-state index >= 15 is 0 Å². The third-order valence-electron chi connectivity index (χ3n) is 7.15. The van der Waals surface area contributed by atoms with Gasteiger partial charge in [0.2, 0.25) is 0 Å². The van der Waals surface area contributed by atoms with Crippen LogP contribution in [0.15, 0.2) is 103 Å². The van der Waals surface area contributed by atoms with Crippen molar-refractivity contribution in [2.45, 2.75) is 5.41 Å². The van der Waals surface area contributed by atoms with Gasteiger partial charge in [-0.3, -0.25) is 9.97 Å². The fourth-order valence-electron chi connectivity index (χ4n) is 6.00. The van der Waals surface area contributed by atoms with E-state index < -0.39 is 5.41 Å². The van der Waals surface area contributed by atoms with Gasteiger partial charge in [0.25, 0.3) is 0 Å². The molecule has 4 nitrogen and oxygen atoms in total. The lowest BCUT2D eigenvalue weighted by Gasteiger charge is -2.46. The molecule has 3 aromatic carbocycles. The van der Waals surface area contributed by atoms with Gasteiger partial charge in [-0.05, 0) is 58.7 Å². The van der Waals surface area contributed by atoms with Crippen LogP contribution in [0.25, 0.3) is 11.4 Å². The summed E-state index contributed by atoms with van der Waals surface area (Å²) >= 11 is 0. The number of anilines is 3. The van der Waals surface area contributed by atoms with Crippen molar-refractivity contribution >= 4 is 17.1 Å². The normalized spacial score (nSPS) is 15.1. The topological polar surface area (TPSA) is 38.2 Å². The number of ether oxygens (including phenoxy) is 1. The van der Waals surface area contributed by atoms with Gasteiger partial charge in [0, 0.05) is 12.4 Å². The smallest absolute Gasteiger partial charge is 0.151 e. The Bertz CT molecular complexity index is 1580. The van der Waals surface area contributed by atoms with Crippen LogP contribution in [0.4, 0.5) is 17.1 Å². The molecule has 4 heterocycles. The third kappa shape index (κ3) is 1.89. The van der Waals surface area contributed by atoms with Gasteiger partial charge in [0.15, 0.2) is 11.5 Å². The Morgan fingerprint density at radius 2 is 1.15 bits per heavy atom. The number of hydrogen-bond acceptors (Lipinski definition) is 4. The van der Waals surface area contributed by atoms with Crippen molar-refractivity contribution in [3.05, 3.63) is 126 Å². The molecular formula is C29H17N3O. The van der Waals surface area contributed by atoms with E-state index in [0.717, 1.165) is 51.1 Å². The Morgan fingerprint density at radius 1 is 0.545 bits per heavy atom. The second-order valence-corrected chi connectivity index (χ2v) is 8.62. The van der Waals surface area contributed by atoms with Crippen molar-refractivity contribution in [1.29, 1.82) is 0 Å². The highest BCUT2D eigenvalue weighted by atomic mass is 16.5. The van der Waals surface area contributed by atoms with Crippen LogP contribution in [0.2, 0.25) is 0 Å². The Morgan fingerprint density at radius 3 is 1.94 bits per heavy atom. The summed E-state index contributed by atoms with van der Waals surface area (Å²) in [4.78, 5) is 12.0. The molecular weight excluding hydrogens is 406 g/mol. The number of benzene rings is 3. The summed E-state index contributed by atoms with van der Waals surface area (Å²) in [5, 5.41) is 0. The maximum absolute atomic E-state index is 6.45. The summed E-state index contributed by atoms with van der Waals surface area (Å²) in [6, 6.07) is 31.8. The molecule has 33 heavy (non-hydrogen) atoms. The molecule has 0 atom stereocenters. The largest absolute Gasteiger partial charge is 0.453 e. The zero-order chi connectivity index (χ0) is 21.6. The zero-order valence-electron chi connectivity index (χ0n) is 17.6. The molecule has 0 radical (unpaired) electrons. The molecule has 0 bridgehead atoms. The zero-order valence-corrected chi connectivity index (χ0v) is 17.6. The average Bonchev–Trinajstić information content (AvgIpc) is 3.18. The van der Waals surface area contributed by atoms with Crippen LogP contribution in [0.1, 0.15) is 22.3 Å². The molecule has 0 amide bonds. The van der Waals surface area contributed by atoms with Crippen molar-refractivity contribution < 1.29 is 4.74 Å². The Balaban J connectivity index is 1.59. The van der Waals surface area contributed by atoms with Gasteiger partial charge in [-0.15, -0.1) is 0 Å². The minimum atomic E-state index is -0.513. The molecule has 0 unspecified atom stereocenters. The summed E-state index contributed by atoms with van der Waals surface area (Å²) < 4.78 is 6.45. The van der Waals surface area contributed by atoms with E-state index in [0.29, 0.717) is 0 Å². The standard InChI is InChI=1S/C29H17N3O/c1-2-12-22-18(8-1)29(19-10-6-16-30-26(19)27-20(29)11-7-17-31-27)21-9-5-15-25-28(21)32(22)23-13-3-4-14-24(23)33-25/h1-17H. The van der Waals surface area contributed by atoms with E-state index in [1.807, 2.05) is 36.7 Å².